The molecular weight excluding hydrogens is 190 g/mol. The third-order valence-corrected chi connectivity index (χ3v) is 2.12. The average Bonchev–Trinajstić information content (AvgIpc) is 2.16. The third kappa shape index (κ3) is 2.53. The van der Waals surface area contributed by atoms with Gasteiger partial charge in [-0.2, -0.15) is 0 Å². The van der Waals surface area contributed by atoms with Crippen molar-refractivity contribution < 1.29 is 9.59 Å². The van der Waals surface area contributed by atoms with Crippen molar-refractivity contribution in [2.24, 2.45) is 5.73 Å². The van der Waals surface area contributed by atoms with Gasteiger partial charge in [0.25, 0.3) is 0 Å². The lowest BCUT2D eigenvalue weighted by atomic mass is 10.0. The fourth-order valence-electron chi connectivity index (χ4n) is 1.22. The standard InChI is InChI=1S/C12H13NO2/c1-7(13)10-4-11(8(2)14)6-12(5-10)9(3)15/h4-6H,1,13H2,2-3H3. The van der Waals surface area contributed by atoms with E-state index in [-0.39, 0.29) is 11.6 Å². The van der Waals surface area contributed by atoms with Crippen molar-refractivity contribution in [2.45, 2.75) is 13.8 Å². The van der Waals surface area contributed by atoms with Crippen molar-refractivity contribution in [1.82, 2.24) is 0 Å². The highest BCUT2D eigenvalue weighted by atomic mass is 16.1. The van der Waals surface area contributed by atoms with Gasteiger partial charge in [0.05, 0.1) is 0 Å². The molecule has 0 aliphatic heterocycles. The minimum Gasteiger partial charge on any atom is -0.399 e. The Labute approximate surface area is 88.6 Å². The summed E-state index contributed by atoms with van der Waals surface area (Å²) in [6.45, 7) is 6.47. The van der Waals surface area contributed by atoms with Crippen LogP contribution in [0.4, 0.5) is 0 Å². The number of hydrogen-bond acceptors (Lipinski definition) is 3. The smallest absolute Gasteiger partial charge is 0.159 e. The Hall–Kier alpha value is -1.90. The highest BCUT2D eigenvalue weighted by molar-refractivity contribution is 6.00. The van der Waals surface area contributed by atoms with Gasteiger partial charge in [-0.05, 0) is 37.6 Å². The molecule has 3 heteroatoms. The number of rotatable bonds is 3. The lowest BCUT2D eigenvalue weighted by molar-refractivity contribution is 0.101. The second kappa shape index (κ2) is 4.09. The van der Waals surface area contributed by atoms with E-state index in [0.717, 1.165) is 0 Å². The van der Waals surface area contributed by atoms with E-state index in [9.17, 15) is 9.59 Å². The Morgan fingerprint density at radius 2 is 1.33 bits per heavy atom. The molecule has 1 rings (SSSR count). The zero-order chi connectivity index (χ0) is 11.6. The fourth-order valence-corrected chi connectivity index (χ4v) is 1.22. The summed E-state index contributed by atoms with van der Waals surface area (Å²) >= 11 is 0. The summed E-state index contributed by atoms with van der Waals surface area (Å²) in [6, 6.07) is 4.84. The fraction of sp³-hybridized carbons (Fsp3) is 0.167. The Morgan fingerprint density at radius 1 is 1.00 bits per heavy atom. The van der Waals surface area contributed by atoms with Crippen LogP contribution >= 0.6 is 0 Å². The molecule has 0 amide bonds. The summed E-state index contributed by atoms with van der Waals surface area (Å²) in [7, 11) is 0. The Bertz CT molecular complexity index is 368. The van der Waals surface area contributed by atoms with Crippen LogP contribution in [-0.2, 0) is 0 Å². The molecule has 0 radical (unpaired) electrons. The SMILES string of the molecule is C=C(N)c1cc(C(C)=O)cc(C(C)=O)c1. The molecule has 78 valence electrons. The summed E-state index contributed by atoms with van der Waals surface area (Å²) in [6.07, 6.45) is 0. The van der Waals surface area contributed by atoms with Crippen molar-refractivity contribution in [2.75, 3.05) is 0 Å². The van der Waals surface area contributed by atoms with Gasteiger partial charge in [0.1, 0.15) is 0 Å². The van der Waals surface area contributed by atoms with Crippen molar-refractivity contribution in [3.8, 4) is 0 Å². The van der Waals surface area contributed by atoms with E-state index in [1.807, 2.05) is 0 Å². The molecular formula is C12H13NO2. The van der Waals surface area contributed by atoms with Crippen LogP contribution in [0, 0.1) is 0 Å². The molecule has 0 aromatic heterocycles. The zero-order valence-electron chi connectivity index (χ0n) is 8.83. The van der Waals surface area contributed by atoms with E-state index in [0.29, 0.717) is 22.4 Å². The summed E-state index contributed by atoms with van der Waals surface area (Å²) in [5, 5.41) is 0. The predicted molar refractivity (Wildman–Crippen MR) is 59.7 cm³/mol. The highest BCUT2D eigenvalue weighted by Crippen LogP contribution is 2.15. The van der Waals surface area contributed by atoms with Crippen LogP contribution in [0.25, 0.3) is 5.70 Å². The monoisotopic (exact) mass is 203 g/mol. The van der Waals surface area contributed by atoms with Crippen LogP contribution < -0.4 is 5.73 Å². The van der Waals surface area contributed by atoms with Crippen LogP contribution in [0.15, 0.2) is 24.8 Å². The molecule has 0 aliphatic carbocycles. The molecule has 1 aromatic rings. The first-order valence-corrected chi connectivity index (χ1v) is 4.53. The van der Waals surface area contributed by atoms with Crippen molar-refractivity contribution in [3.05, 3.63) is 41.5 Å². The maximum absolute atomic E-state index is 11.2. The molecule has 0 unspecified atom stereocenters. The second-order valence-corrected chi connectivity index (χ2v) is 3.44. The molecule has 0 saturated heterocycles. The topological polar surface area (TPSA) is 60.2 Å². The Balaban J connectivity index is 3.39. The first-order valence-electron chi connectivity index (χ1n) is 4.53. The van der Waals surface area contributed by atoms with Gasteiger partial charge in [-0.15, -0.1) is 0 Å². The van der Waals surface area contributed by atoms with Crippen LogP contribution in [0.2, 0.25) is 0 Å². The highest BCUT2D eigenvalue weighted by Gasteiger charge is 2.08. The predicted octanol–water partition coefficient (Wildman–Crippen LogP) is 2.02. The van der Waals surface area contributed by atoms with Gasteiger partial charge in [-0.3, -0.25) is 9.59 Å². The van der Waals surface area contributed by atoms with E-state index in [1.165, 1.54) is 13.8 Å². The van der Waals surface area contributed by atoms with Gasteiger partial charge in [-0.1, -0.05) is 6.58 Å². The molecule has 0 atom stereocenters. The van der Waals surface area contributed by atoms with Gasteiger partial charge in [0.15, 0.2) is 11.6 Å². The summed E-state index contributed by atoms with van der Waals surface area (Å²) in [5.74, 6) is -0.193. The number of carbonyl (C=O) groups excluding carboxylic acids is 2. The lowest BCUT2D eigenvalue weighted by Gasteiger charge is -2.05. The zero-order valence-corrected chi connectivity index (χ0v) is 8.83. The molecule has 15 heavy (non-hydrogen) atoms. The van der Waals surface area contributed by atoms with Crippen molar-refractivity contribution in [3.63, 3.8) is 0 Å². The molecule has 0 saturated carbocycles. The number of ketones is 2. The molecule has 2 N–H and O–H groups in total. The number of Topliss-reactive ketones (excluding diaryl/α,β-unsaturated/α-hetero) is 2. The molecule has 0 aliphatic rings. The summed E-state index contributed by atoms with van der Waals surface area (Å²) < 4.78 is 0. The third-order valence-electron chi connectivity index (χ3n) is 2.12. The van der Waals surface area contributed by atoms with Crippen molar-refractivity contribution >= 4 is 17.3 Å². The van der Waals surface area contributed by atoms with Crippen LogP contribution in [0.5, 0.6) is 0 Å². The first-order chi connectivity index (χ1) is 6.91. The van der Waals surface area contributed by atoms with Crippen molar-refractivity contribution in [1.29, 1.82) is 0 Å². The van der Waals surface area contributed by atoms with E-state index < -0.39 is 0 Å². The summed E-state index contributed by atoms with van der Waals surface area (Å²) in [5.41, 5.74) is 7.45. The molecule has 1 aromatic carbocycles. The van der Waals surface area contributed by atoms with E-state index in [4.69, 9.17) is 5.73 Å². The first kappa shape index (κ1) is 11.2. The number of hydrogen-bond donors (Lipinski definition) is 1. The minimum absolute atomic E-state index is 0.0967. The van der Waals surface area contributed by atoms with Gasteiger partial charge >= 0.3 is 0 Å². The van der Waals surface area contributed by atoms with Gasteiger partial charge in [0, 0.05) is 16.8 Å². The number of benzene rings is 1. The largest absolute Gasteiger partial charge is 0.399 e. The normalized spacial score (nSPS) is 9.73. The van der Waals surface area contributed by atoms with E-state index in [1.54, 1.807) is 18.2 Å². The quantitative estimate of drug-likeness (QED) is 0.764. The molecule has 0 heterocycles. The van der Waals surface area contributed by atoms with Gasteiger partial charge in [-0.25, -0.2) is 0 Å². The van der Waals surface area contributed by atoms with Crippen LogP contribution in [-0.4, -0.2) is 11.6 Å². The van der Waals surface area contributed by atoms with Crippen LogP contribution in [0.1, 0.15) is 40.1 Å². The Kier molecular flexibility index (Phi) is 3.04. The lowest BCUT2D eigenvalue weighted by Crippen LogP contribution is -2.03. The molecule has 3 nitrogen and oxygen atoms in total. The van der Waals surface area contributed by atoms with Crippen LogP contribution in [0.3, 0.4) is 0 Å². The van der Waals surface area contributed by atoms with E-state index >= 15 is 0 Å². The van der Waals surface area contributed by atoms with Gasteiger partial charge in [0.2, 0.25) is 0 Å². The molecule has 0 spiro atoms. The average molecular weight is 203 g/mol. The minimum atomic E-state index is -0.0967. The second-order valence-electron chi connectivity index (χ2n) is 3.44. The number of carbonyl (C=O) groups is 2. The molecule has 0 fully saturated rings. The Morgan fingerprint density at radius 3 is 1.60 bits per heavy atom. The van der Waals surface area contributed by atoms with Gasteiger partial charge < -0.3 is 5.73 Å². The number of nitrogens with two attached hydrogens (primary N) is 1. The molecule has 0 bridgehead atoms. The van der Waals surface area contributed by atoms with E-state index in [2.05, 4.69) is 6.58 Å². The maximum Gasteiger partial charge on any atom is 0.159 e. The maximum atomic E-state index is 11.2. The summed E-state index contributed by atoms with van der Waals surface area (Å²) in [4.78, 5) is 22.4.